The maximum atomic E-state index is 12.0. The van der Waals surface area contributed by atoms with Crippen LogP contribution in [-0.2, 0) is 4.79 Å². The first-order chi connectivity index (χ1) is 8.58. The Bertz CT molecular complexity index is 258. The summed E-state index contributed by atoms with van der Waals surface area (Å²) in [5, 5.41) is 15.6. The molecule has 4 unspecified atom stereocenters. The van der Waals surface area contributed by atoms with Crippen LogP contribution in [0.4, 0.5) is 0 Å². The van der Waals surface area contributed by atoms with Crippen LogP contribution in [-0.4, -0.2) is 35.7 Å². The monoisotopic (exact) mass is 256 g/mol. The first kappa shape index (κ1) is 15.4. The first-order valence-electron chi connectivity index (χ1n) is 7.25. The fourth-order valence-corrected chi connectivity index (χ4v) is 2.74. The highest BCUT2D eigenvalue weighted by Gasteiger charge is 2.29. The molecule has 0 aliphatic heterocycles. The molecular weight excluding hydrogens is 228 g/mol. The van der Waals surface area contributed by atoms with Crippen molar-refractivity contribution in [2.45, 2.75) is 71.0 Å². The molecule has 0 saturated heterocycles. The second kappa shape index (κ2) is 7.74. The van der Waals surface area contributed by atoms with Gasteiger partial charge < -0.3 is 15.7 Å². The van der Waals surface area contributed by atoms with Crippen molar-refractivity contribution in [1.29, 1.82) is 0 Å². The van der Waals surface area contributed by atoms with Gasteiger partial charge in [0.15, 0.2) is 0 Å². The average Bonchev–Trinajstić information content (AvgIpc) is 2.76. The van der Waals surface area contributed by atoms with Crippen LogP contribution in [0.1, 0.15) is 52.9 Å². The minimum atomic E-state index is -0.179. The van der Waals surface area contributed by atoms with Gasteiger partial charge in [-0.2, -0.15) is 0 Å². The number of hydrogen-bond donors (Lipinski definition) is 3. The lowest BCUT2D eigenvalue weighted by Gasteiger charge is -2.24. The predicted molar refractivity (Wildman–Crippen MR) is 73.3 cm³/mol. The predicted octanol–water partition coefficient (Wildman–Crippen LogP) is 1.43. The van der Waals surface area contributed by atoms with Gasteiger partial charge in [-0.3, -0.25) is 4.79 Å². The van der Waals surface area contributed by atoms with E-state index in [9.17, 15) is 9.90 Å². The number of aliphatic hydroxyl groups is 1. The molecule has 18 heavy (non-hydrogen) atoms. The number of carbonyl (C=O) groups is 1. The molecule has 0 aromatic carbocycles. The third-order valence-corrected chi connectivity index (χ3v) is 3.86. The maximum Gasteiger partial charge on any atom is 0.237 e. The minimum absolute atomic E-state index is 0.0690. The molecule has 0 radical (unpaired) electrons. The van der Waals surface area contributed by atoms with E-state index >= 15 is 0 Å². The van der Waals surface area contributed by atoms with Crippen molar-refractivity contribution in [3.63, 3.8) is 0 Å². The second-order valence-electron chi connectivity index (χ2n) is 5.57. The molecule has 4 heteroatoms. The van der Waals surface area contributed by atoms with Crippen molar-refractivity contribution in [1.82, 2.24) is 10.6 Å². The molecule has 0 aromatic heterocycles. The van der Waals surface area contributed by atoms with Crippen molar-refractivity contribution in [3.8, 4) is 0 Å². The van der Waals surface area contributed by atoms with Gasteiger partial charge in [-0.05, 0) is 39.0 Å². The summed E-state index contributed by atoms with van der Waals surface area (Å²) in [4.78, 5) is 12.0. The Labute approximate surface area is 111 Å². The summed E-state index contributed by atoms with van der Waals surface area (Å²) in [6, 6.07) is 0.350. The summed E-state index contributed by atoms with van der Waals surface area (Å²) < 4.78 is 0. The van der Waals surface area contributed by atoms with E-state index in [4.69, 9.17) is 0 Å². The molecule has 1 aliphatic rings. The Hall–Kier alpha value is -0.610. The van der Waals surface area contributed by atoms with Crippen LogP contribution in [0.2, 0.25) is 0 Å². The van der Waals surface area contributed by atoms with E-state index in [2.05, 4.69) is 17.6 Å². The minimum Gasteiger partial charge on any atom is -0.396 e. The molecule has 4 atom stereocenters. The highest BCUT2D eigenvalue weighted by molar-refractivity contribution is 5.81. The Morgan fingerprint density at radius 3 is 2.72 bits per heavy atom. The number of rotatable bonds is 7. The Morgan fingerprint density at radius 1 is 1.39 bits per heavy atom. The van der Waals surface area contributed by atoms with Crippen molar-refractivity contribution in [3.05, 3.63) is 0 Å². The van der Waals surface area contributed by atoms with Crippen LogP contribution in [0.15, 0.2) is 0 Å². The average molecular weight is 256 g/mol. The van der Waals surface area contributed by atoms with E-state index in [1.54, 1.807) is 0 Å². The highest BCUT2D eigenvalue weighted by Crippen LogP contribution is 2.25. The number of carbonyl (C=O) groups excluding carboxylic acids is 1. The molecule has 3 N–H and O–H groups in total. The normalized spacial score (nSPS) is 26.9. The van der Waals surface area contributed by atoms with Crippen molar-refractivity contribution in [2.24, 2.45) is 5.92 Å². The molecule has 0 bridgehead atoms. The lowest BCUT2D eigenvalue weighted by molar-refractivity contribution is -0.123. The molecule has 1 aliphatic carbocycles. The molecule has 0 heterocycles. The van der Waals surface area contributed by atoms with Crippen LogP contribution in [0, 0.1) is 5.92 Å². The Balaban J connectivity index is 2.35. The van der Waals surface area contributed by atoms with Crippen LogP contribution in [0.25, 0.3) is 0 Å². The summed E-state index contributed by atoms with van der Waals surface area (Å²) in [5.74, 6) is 0.382. The van der Waals surface area contributed by atoms with E-state index in [1.807, 2.05) is 13.8 Å². The van der Waals surface area contributed by atoms with Gasteiger partial charge >= 0.3 is 0 Å². The zero-order valence-electron chi connectivity index (χ0n) is 11.9. The number of aliphatic hydroxyl groups excluding tert-OH is 1. The zero-order valence-corrected chi connectivity index (χ0v) is 11.9. The quantitative estimate of drug-likeness (QED) is 0.646. The summed E-state index contributed by atoms with van der Waals surface area (Å²) in [6.07, 6.45) is 5.37. The zero-order chi connectivity index (χ0) is 13.5. The Morgan fingerprint density at radius 2 is 2.11 bits per heavy atom. The third-order valence-electron chi connectivity index (χ3n) is 3.86. The third kappa shape index (κ3) is 4.58. The largest absolute Gasteiger partial charge is 0.396 e. The lowest BCUT2D eigenvalue weighted by atomic mass is 10.0. The van der Waals surface area contributed by atoms with Gasteiger partial charge in [0.05, 0.1) is 6.04 Å². The molecule has 4 nitrogen and oxygen atoms in total. The van der Waals surface area contributed by atoms with Crippen molar-refractivity contribution >= 4 is 5.91 Å². The van der Waals surface area contributed by atoms with Gasteiger partial charge in [-0.15, -0.1) is 0 Å². The fraction of sp³-hybridized carbons (Fsp3) is 0.929. The molecule has 106 valence electrons. The van der Waals surface area contributed by atoms with Crippen LogP contribution >= 0.6 is 0 Å². The van der Waals surface area contributed by atoms with Crippen molar-refractivity contribution in [2.75, 3.05) is 6.61 Å². The van der Waals surface area contributed by atoms with Crippen LogP contribution in [0.3, 0.4) is 0 Å². The van der Waals surface area contributed by atoms with Gasteiger partial charge in [0.2, 0.25) is 5.91 Å². The van der Waals surface area contributed by atoms with E-state index < -0.39 is 0 Å². The standard InChI is InChI=1S/C14H28N2O2/c1-4-6-10(2)15-14(18)11(3)16-13-8-5-7-12(13)9-17/h10-13,16-17H,4-9H2,1-3H3,(H,15,18). The first-order valence-corrected chi connectivity index (χ1v) is 7.25. The molecule has 1 saturated carbocycles. The fourth-order valence-electron chi connectivity index (χ4n) is 2.74. The maximum absolute atomic E-state index is 12.0. The van der Waals surface area contributed by atoms with Crippen LogP contribution in [0.5, 0.6) is 0 Å². The van der Waals surface area contributed by atoms with Gasteiger partial charge in [0.1, 0.15) is 0 Å². The Kier molecular flexibility index (Phi) is 6.65. The summed E-state index contributed by atoms with van der Waals surface area (Å²) in [6.45, 7) is 6.29. The SMILES string of the molecule is CCCC(C)NC(=O)C(C)NC1CCCC1CO. The van der Waals surface area contributed by atoms with Gasteiger partial charge in [0.25, 0.3) is 0 Å². The lowest BCUT2D eigenvalue weighted by Crippen LogP contribution is -2.50. The number of nitrogens with one attached hydrogen (secondary N) is 2. The van der Waals surface area contributed by atoms with E-state index in [1.165, 1.54) is 0 Å². The van der Waals surface area contributed by atoms with E-state index in [-0.39, 0.29) is 30.6 Å². The van der Waals surface area contributed by atoms with Gasteiger partial charge in [-0.1, -0.05) is 19.8 Å². The summed E-state index contributed by atoms with van der Waals surface area (Å²) in [5.41, 5.74) is 0. The van der Waals surface area contributed by atoms with E-state index in [0.29, 0.717) is 5.92 Å². The number of amides is 1. The van der Waals surface area contributed by atoms with Gasteiger partial charge in [0, 0.05) is 18.7 Å². The smallest absolute Gasteiger partial charge is 0.237 e. The van der Waals surface area contributed by atoms with Crippen LogP contribution < -0.4 is 10.6 Å². The molecule has 1 fully saturated rings. The number of hydrogen-bond acceptors (Lipinski definition) is 3. The summed E-state index contributed by atoms with van der Waals surface area (Å²) in [7, 11) is 0. The van der Waals surface area contributed by atoms with E-state index in [0.717, 1.165) is 32.1 Å². The molecule has 0 aromatic rings. The molecule has 0 spiro atoms. The molecular formula is C14H28N2O2. The highest BCUT2D eigenvalue weighted by atomic mass is 16.3. The molecule has 1 amide bonds. The summed E-state index contributed by atoms with van der Waals surface area (Å²) >= 11 is 0. The van der Waals surface area contributed by atoms with Gasteiger partial charge in [-0.25, -0.2) is 0 Å². The second-order valence-corrected chi connectivity index (χ2v) is 5.57. The van der Waals surface area contributed by atoms with Crippen molar-refractivity contribution < 1.29 is 9.90 Å². The topological polar surface area (TPSA) is 61.4 Å². The molecule has 1 rings (SSSR count).